The molecule has 2 N–H and O–H groups in total. The zero-order chi connectivity index (χ0) is 14.9. The summed E-state index contributed by atoms with van der Waals surface area (Å²) in [5.41, 5.74) is 0.372. The van der Waals surface area contributed by atoms with Gasteiger partial charge in [-0.15, -0.1) is 10.2 Å². The Bertz CT molecular complexity index is 428. The maximum Gasteiger partial charge on any atom is 0.272 e. The highest BCUT2D eigenvalue weighted by molar-refractivity contribution is 5.92. The Morgan fingerprint density at radius 1 is 1.24 bits per heavy atom. The van der Waals surface area contributed by atoms with Gasteiger partial charge < -0.3 is 15.4 Å². The third kappa shape index (κ3) is 5.30. The number of carbonyl (C=O) groups excluding carboxylic acids is 1. The predicted octanol–water partition coefficient (Wildman–Crippen LogP) is 1.99. The highest BCUT2D eigenvalue weighted by Gasteiger charge is 2.16. The lowest BCUT2D eigenvalue weighted by atomic mass is 10.1. The first kappa shape index (κ1) is 15.7. The van der Waals surface area contributed by atoms with Crippen molar-refractivity contribution in [1.29, 1.82) is 0 Å². The van der Waals surface area contributed by atoms with E-state index in [2.05, 4.69) is 20.8 Å². The van der Waals surface area contributed by atoms with Gasteiger partial charge in [0.1, 0.15) is 5.82 Å². The fourth-order valence-electron chi connectivity index (χ4n) is 2.51. The third-order valence-electron chi connectivity index (χ3n) is 3.70. The molecule has 6 heteroatoms. The number of aromatic nitrogens is 2. The maximum atomic E-state index is 12.1. The Labute approximate surface area is 125 Å². The van der Waals surface area contributed by atoms with Gasteiger partial charge in [0.2, 0.25) is 0 Å². The molecule has 0 radical (unpaired) electrons. The predicted molar refractivity (Wildman–Crippen MR) is 81.4 cm³/mol. The van der Waals surface area contributed by atoms with Crippen LogP contribution in [0.5, 0.6) is 0 Å². The number of nitrogens with zero attached hydrogens (tertiary/aromatic N) is 2. The van der Waals surface area contributed by atoms with Gasteiger partial charge in [0, 0.05) is 19.7 Å². The van der Waals surface area contributed by atoms with Crippen LogP contribution in [-0.2, 0) is 4.74 Å². The minimum absolute atomic E-state index is 0.127. The summed E-state index contributed by atoms with van der Waals surface area (Å²) in [6.07, 6.45) is 7.06. The molecule has 2 rings (SSSR count). The van der Waals surface area contributed by atoms with E-state index >= 15 is 0 Å². The molecule has 0 aromatic carbocycles. The Morgan fingerprint density at radius 3 is 2.62 bits per heavy atom. The first-order valence-electron chi connectivity index (χ1n) is 7.67. The van der Waals surface area contributed by atoms with Crippen molar-refractivity contribution >= 4 is 11.7 Å². The van der Waals surface area contributed by atoms with Gasteiger partial charge in [-0.25, -0.2) is 0 Å². The molecule has 0 bridgehead atoms. The Morgan fingerprint density at radius 2 is 2.00 bits per heavy atom. The lowest BCUT2D eigenvalue weighted by molar-refractivity contribution is 0.0927. The van der Waals surface area contributed by atoms with Gasteiger partial charge in [0.25, 0.3) is 5.91 Å². The van der Waals surface area contributed by atoms with Crippen LogP contribution in [0.25, 0.3) is 0 Å². The first-order valence-corrected chi connectivity index (χ1v) is 7.67. The zero-order valence-corrected chi connectivity index (χ0v) is 12.6. The van der Waals surface area contributed by atoms with E-state index in [-0.39, 0.29) is 11.9 Å². The van der Waals surface area contributed by atoms with E-state index < -0.39 is 0 Å². The minimum atomic E-state index is -0.127. The molecular weight excluding hydrogens is 268 g/mol. The number of methoxy groups -OCH3 is 1. The number of hydrogen-bond donors (Lipinski definition) is 2. The number of anilines is 1. The van der Waals surface area contributed by atoms with Crippen molar-refractivity contribution in [2.45, 2.75) is 44.6 Å². The number of ether oxygens (including phenoxy) is 1. The fraction of sp³-hybridized carbons (Fsp3) is 0.667. The van der Waals surface area contributed by atoms with Crippen LogP contribution in [0.3, 0.4) is 0 Å². The van der Waals surface area contributed by atoms with Crippen LogP contribution in [0.2, 0.25) is 0 Å². The molecule has 1 aromatic rings. The van der Waals surface area contributed by atoms with E-state index in [9.17, 15) is 4.79 Å². The van der Waals surface area contributed by atoms with Gasteiger partial charge in [0.15, 0.2) is 5.69 Å². The van der Waals surface area contributed by atoms with Gasteiger partial charge in [0.05, 0.1) is 6.61 Å². The number of hydrogen-bond acceptors (Lipinski definition) is 5. The summed E-state index contributed by atoms with van der Waals surface area (Å²) in [7, 11) is 1.65. The van der Waals surface area contributed by atoms with E-state index in [0.29, 0.717) is 24.7 Å². The fourth-order valence-corrected chi connectivity index (χ4v) is 2.51. The quantitative estimate of drug-likeness (QED) is 0.619. The van der Waals surface area contributed by atoms with Crippen molar-refractivity contribution in [2.75, 3.05) is 25.6 Å². The normalized spacial score (nSPS) is 16.2. The molecule has 1 aromatic heterocycles. The van der Waals surface area contributed by atoms with Crippen LogP contribution in [0, 0.1) is 0 Å². The number of rotatable bonds is 6. The molecule has 1 saturated carbocycles. The average molecular weight is 292 g/mol. The van der Waals surface area contributed by atoms with Gasteiger partial charge in [-0.05, 0) is 25.0 Å². The molecule has 1 fully saturated rings. The van der Waals surface area contributed by atoms with Crippen LogP contribution in [0.15, 0.2) is 12.1 Å². The summed E-state index contributed by atoms with van der Waals surface area (Å²) in [6.45, 7) is 1.27. The standard InChI is InChI=1S/C15H24N4O2/c1-21-11-10-16-14-9-8-13(18-19-14)15(20)17-12-6-4-2-3-5-7-12/h8-9,12H,2-7,10-11H2,1H3,(H,16,19)(H,17,20). The zero-order valence-electron chi connectivity index (χ0n) is 12.6. The molecule has 1 aliphatic rings. The van der Waals surface area contributed by atoms with E-state index in [1.165, 1.54) is 25.7 Å². The Balaban J connectivity index is 1.84. The average Bonchev–Trinajstić information content (AvgIpc) is 2.77. The smallest absolute Gasteiger partial charge is 0.272 e. The summed E-state index contributed by atoms with van der Waals surface area (Å²) in [5.74, 6) is 0.524. The van der Waals surface area contributed by atoms with Crippen LogP contribution >= 0.6 is 0 Å². The summed E-state index contributed by atoms with van der Waals surface area (Å²) in [4.78, 5) is 12.1. The van der Waals surface area contributed by atoms with Crippen LogP contribution in [0.4, 0.5) is 5.82 Å². The summed E-state index contributed by atoms with van der Waals surface area (Å²) < 4.78 is 4.95. The highest BCUT2D eigenvalue weighted by atomic mass is 16.5. The van der Waals surface area contributed by atoms with Gasteiger partial charge in [-0.3, -0.25) is 4.79 Å². The molecule has 1 amide bonds. The molecule has 0 atom stereocenters. The van der Waals surface area contributed by atoms with Crippen molar-refractivity contribution in [3.63, 3.8) is 0 Å². The van der Waals surface area contributed by atoms with E-state index in [4.69, 9.17) is 4.74 Å². The molecule has 116 valence electrons. The summed E-state index contributed by atoms with van der Waals surface area (Å²) >= 11 is 0. The molecule has 6 nitrogen and oxygen atoms in total. The molecule has 21 heavy (non-hydrogen) atoms. The lowest BCUT2D eigenvalue weighted by Crippen LogP contribution is -2.35. The van der Waals surface area contributed by atoms with Crippen molar-refractivity contribution in [1.82, 2.24) is 15.5 Å². The lowest BCUT2D eigenvalue weighted by Gasteiger charge is -2.15. The van der Waals surface area contributed by atoms with Crippen molar-refractivity contribution in [2.24, 2.45) is 0 Å². The highest BCUT2D eigenvalue weighted by Crippen LogP contribution is 2.17. The SMILES string of the molecule is COCCNc1ccc(C(=O)NC2CCCCCC2)nn1. The topological polar surface area (TPSA) is 76.1 Å². The number of amides is 1. The first-order chi connectivity index (χ1) is 10.3. The second kappa shape index (κ2) is 8.56. The van der Waals surface area contributed by atoms with Crippen LogP contribution < -0.4 is 10.6 Å². The van der Waals surface area contributed by atoms with Crippen molar-refractivity contribution < 1.29 is 9.53 Å². The second-order valence-electron chi connectivity index (χ2n) is 5.39. The molecule has 0 unspecified atom stereocenters. The maximum absolute atomic E-state index is 12.1. The molecule has 0 saturated heterocycles. The Kier molecular flexibility index (Phi) is 6.40. The van der Waals surface area contributed by atoms with E-state index in [0.717, 1.165) is 12.8 Å². The molecular formula is C15H24N4O2. The monoisotopic (exact) mass is 292 g/mol. The number of nitrogens with one attached hydrogen (secondary N) is 2. The largest absolute Gasteiger partial charge is 0.383 e. The van der Waals surface area contributed by atoms with Gasteiger partial charge >= 0.3 is 0 Å². The summed E-state index contributed by atoms with van der Waals surface area (Å²) in [6, 6.07) is 3.75. The van der Waals surface area contributed by atoms with Gasteiger partial charge in [-0.2, -0.15) is 0 Å². The Hall–Kier alpha value is -1.69. The summed E-state index contributed by atoms with van der Waals surface area (Å²) in [5, 5.41) is 14.1. The van der Waals surface area contributed by atoms with Crippen molar-refractivity contribution in [3.05, 3.63) is 17.8 Å². The molecule has 0 spiro atoms. The number of carbonyl (C=O) groups is 1. The van der Waals surface area contributed by atoms with E-state index in [1.54, 1.807) is 19.2 Å². The third-order valence-corrected chi connectivity index (χ3v) is 3.70. The molecule has 0 aliphatic heterocycles. The minimum Gasteiger partial charge on any atom is -0.383 e. The molecule has 1 aliphatic carbocycles. The molecule has 1 heterocycles. The second-order valence-corrected chi connectivity index (χ2v) is 5.39. The van der Waals surface area contributed by atoms with Crippen LogP contribution in [-0.4, -0.2) is 42.4 Å². The van der Waals surface area contributed by atoms with Gasteiger partial charge in [-0.1, -0.05) is 25.7 Å². The van der Waals surface area contributed by atoms with E-state index in [1.807, 2.05) is 0 Å². The van der Waals surface area contributed by atoms with Crippen molar-refractivity contribution in [3.8, 4) is 0 Å². The van der Waals surface area contributed by atoms with Crippen LogP contribution in [0.1, 0.15) is 49.0 Å².